The molecule has 1 aromatic carbocycles. The summed E-state index contributed by atoms with van der Waals surface area (Å²) in [5, 5.41) is 8.77. The van der Waals surface area contributed by atoms with Crippen LogP contribution < -0.4 is 5.32 Å². The normalized spacial score (nSPS) is 12.2. The molecule has 0 bridgehead atoms. The Bertz CT molecular complexity index is 612. The number of carbonyl (C=O) groups excluding carboxylic acids is 1. The molecule has 0 aliphatic carbocycles. The zero-order chi connectivity index (χ0) is 14.0. The van der Waals surface area contributed by atoms with Crippen molar-refractivity contribution in [2.45, 2.75) is 19.9 Å². The number of nitrogens with zero attached hydrogens (tertiary/aromatic N) is 2. The highest BCUT2D eigenvalue weighted by molar-refractivity contribution is 5.90. The number of benzene rings is 1. The summed E-state index contributed by atoms with van der Waals surface area (Å²) in [7, 11) is 0. The van der Waals surface area contributed by atoms with Crippen LogP contribution in [0.15, 0.2) is 18.2 Å². The number of rotatable bonds is 3. The molecule has 0 aliphatic rings. The molecule has 0 saturated heterocycles. The summed E-state index contributed by atoms with van der Waals surface area (Å²) in [6, 6.07) is 2.58. The lowest BCUT2D eigenvalue weighted by atomic mass is 10.1. The molecule has 0 fully saturated rings. The summed E-state index contributed by atoms with van der Waals surface area (Å²) in [6.07, 6.45) is 0. The Morgan fingerprint density at radius 1 is 1.42 bits per heavy atom. The van der Waals surface area contributed by atoms with Gasteiger partial charge in [0.2, 0.25) is 5.82 Å². The molecule has 5 nitrogen and oxygen atoms in total. The van der Waals surface area contributed by atoms with E-state index in [-0.39, 0.29) is 11.4 Å². The maximum Gasteiger partial charge on any atom is 0.291 e. The molecule has 1 unspecified atom stereocenters. The van der Waals surface area contributed by atoms with E-state index in [1.807, 2.05) is 0 Å². The van der Waals surface area contributed by atoms with Gasteiger partial charge < -0.3 is 5.32 Å². The van der Waals surface area contributed by atoms with E-state index in [0.29, 0.717) is 5.82 Å². The first-order chi connectivity index (χ1) is 8.97. The average Bonchev–Trinajstić information content (AvgIpc) is 2.75. The third-order valence-corrected chi connectivity index (χ3v) is 2.58. The zero-order valence-electron chi connectivity index (χ0n) is 10.4. The van der Waals surface area contributed by atoms with Crippen molar-refractivity contribution in [3.63, 3.8) is 0 Å². The smallest absolute Gasteiger partial charge is 0.291 e. The number of H-pyrrole nitrogens is 1. The standard InChI is InChI=1S/C12H12F2N4O/c1-6(9-4-3-8(13)5-10(9)14)15-12(19)11-16-7(2)17-18-11/h3-6H,1-2H3,(H,15,19)(H,16,17,18). The van der Waals surface area contributed by atoms with Crippen LogP contribution in [0, 0.1) is 18.6 Å². The second-order valence-corrected chi connectivity index (χ2v) is 4.11. The van der Waals surface area contributed by atoms with Crippen LogP contribution in [-0.2, 0) is 0 Å². The highest BCUT2D eigenvalue weighted by Crippen LogP contribution is 2.17. The van der Waals surface area contributed by atoms with Crippen molar-refractivity contribution >= 4 is 5.91 Å². The third-order valence-electron chi connectivity index (χ3n) is 2.58. The largest absolute Gasteiger partial charge is 0.343 e. The molecule has 19 heavy (non-hydrogen) atoms. The Morgan fingerprint density at radius 3 is 2.74 bits per heavy atom. The van der Waals surface area contributed by atoms with Crippen LogP contribution in [0.25, 0.3) is 0 Å². The van der Waals surface area contributed by atoms with Gasteiger partial charge in [0.15, 0.2) is 0 Å². The second kappa shape index (κ2) is 5.13. The summed E-state index contributed by atoms with van der Waals surface area (Å²) < 4.78 is 26.3. The van der Waals surface area contributed by atoms with E-state index >= 15 is 0 Å². The fourth-order valence-electron chi connectivity index (χ4n) is 1.64. The van der Waals surface area contributed by atoms with Gasteiger partial charge in [-0.05, 0) is 19.9 Å². The Labute approximate surface area is 108 Å². The minimum atomic E-state index is -0.709. The number of carbonyl (C=O) groups is 1. The maximum absolute atomic E-state index is 13.5. The molecule has 0 aliphatic heterocycles. The van der Waals surface area contributed by atoms with Crippen molar-refractivity contribution in [1.29, 1.82) is 0 Å². The molecule has 0 saturated carbocycles. The lowest BCUT2D eigenvalue weighted by Crippen LogP contribution is -2.28. The van der Waals surface area contributed by atoms with Gasteiger partial charge in [-0.15, -0.1) is 5.10 Å². The monoisotopic (exact) mass is 266 g/mol. The Kier molecular flexibility index (Phi) is 3.55. The first-order valence-corrected chi connectivity index (χ1v) is 5.62. The first kappa shape index (κ1) is 13.1. The van der Waals surface area contributed by atoms with E-state index < -0.39 is 23.6 Å². The van der Waals surface area contributed by atoms with Crippen molar-refractivity contribution in [2.24, 2.45) is 0 Å². The lowest BCUT2D eigenvalue weighted by molar-refractivity contribution is 0.0929. The van der Waals surface area contributed by atoms with Gasteiger partial charge in [0, 0.05) is 11.6 Å². The number of aromatic nitrogens is 3. The molecule has 2 aromatic rings. The Balaban J connectivity index is 2.12. The molecule has 7 heteroatoms. The van der Waals surface area contributed by atoms with Crippen molar-refractivity contribution in [3.8, 4) is 0 Å². The van der Waals surface area contributed by atoms with Gasteiger partial charge in [0.1, 0.15) is 17.5 Å². The molecule has 2 N–H and O–H groups in total. The molecule has 0 radical (unpaired) electrons. The first-order valence-electron chi connectivity index (χ1n) is 5.62. The van der Waals surface area contributed by atoms with Crippen LogP contribution in [-0.4, -0.2) is 21.1 Å². The molecular weight excluding hydrogens is 254 g/mol. The quantitative estimate of drug-likeness (QED) is 0.891. The topological polar surface area (TPSA) is 70.7 Å². The van der Waals surface area contributed by atoms with E-state index in [1.54, 1.807) is 13.8 Å². The summed E-state index contributed by atoms with van der Waals surface area (Å²) in [5.41, 5.74) is 0.196. The number of halogens is 2. The Hall–Kier alpha value is -2.31. The minimum absolute atomic E-state index is 0.0214. The molecule has 100 valence electrons. The van der Waals surface area contributed by atoms with E-state index in [1.165, 1.54) is 6.07 Å². The summed E-state index contributed by atoms with van der Waals surface area (Å²) in [6.45, 7) is 3.25. The second-order valence-electron chi connectivity index (χ2n) is 4.11. The number of hydrogen-bond donors (Lipinski definition) is 2. The minimum Gasteiger partial charge on any atom is -0.343 e. The highest BCUT2D eigenvalue weighted by atomic mass is 19.1. The average molecular weight is 266 g/mol. The van der Waals surface area contributed by atoms with Crippen molar-refractivity contribution in [2.75, 3.05) is 0 Å². The number of nitrogens with one attached hydrogen (secondary N) is 2. The van der Waals surface area contributed by atoms with Crippen LogP contribution in [0.3, 0.4) is 0 Å². The molecule has 1 atom stereocenters. The van der Waals surface area contributed by atoms with Crippen LogP contribution in [0.4, 0.5) is 8.78 Å². The van der Waals surface area contributed by atoms with Crippen LogP contribution in [0.5, 0.6) is 0 Å². The van der Waals surface area contributed by atoms with Gasteiger partial charge in [-0.1, -0.05) is 6.07 Å². The van der Waals surface area contributed by atoms with E-state index in [4.69, 9.17) is 0 Å². The van der Waals surface area contributed by atoms with Crippen molar-refractivity contribution < 1.29 is 13.6 Å². The van der Waals surface area contributed by atoms with Gasteiger partial charge in [0.25, 0.3) is 5.91 Å². The number of aryl methyl sites for hydroxylation is 1. The molecule has 2 rings (SSSR count). The third kappa shape index (κ3) is 2.93. The highest BCUT2D eigenvalue weighted by Gasteiger charge is 2.17. The van der Waals surface area contributed by atoms with Gasteiger partial charge in [0.05, 0.1) is 6.04 Å². The van der Waals surface area contributed by atoms with E-state index in [0.717, 1.165) is 12.1 Å². The molecule has 1 amide bonds. The fraction of sp³-hybridized carbons (Fsp3) is 0.250. The Morgan fingerprint density at radius 2 is 2.16 bits per heavy atom. The number of hydrogen-bond acceptors (Lipinski definition) is 3. The SMILES string of the molecule is Cc1nc(C(=O)NC(C)c2ccc(F)cc2F)n[nH]1. The van der Waals surface area contributed by atoms with Crippen molar-refractivity contribution in [3.05, 3.63) is 47.0 Å². The van der Waals surface area contributed by atoms with Gasteiger partial charge >= 0.3 is 0 Å². The molecule has 0 spiro atoms. The van der Waals surface area contributed by atoms with Crippen molar-refractivity contribution in [1.82, 2.24) is 20.5 Å². The molecule has 1 aromatic heterocycles. The lowest BCUT2D eigenvalue weighted by Gasteiger charge is -2.13. The van der Waals surface area contributed by atoms with E-state index in [9.17, 15) is 13.6 Å². The number of aromatic amines is 1. The predicted octanol–water partition coefficient (Wildman–Crippen LogP) is 1.88. The van der Waals surface area contributed by atoms with Gasteiger partial charge in [-0.25, -0.2) is 13.8 Å². The summed E-state index contributed by atoms with van der Waals surface area (Å²) in [5.74, 6) is -1.42. The maximum atomic E-state index is 13.5. The van der Waals surface area contributed by atoms with Gasteiger partial charge in [-0.2, -0.15) is 0 Å². The van der Waals surface area contributed by atoms with Gasteiger partial charge in [-0.3, -0.25) is 9.89 Å². The van der Waals surface area contributed by atoms with Crippen LogP contribution in [0.2, 0.25) is 0 Å². The molecule has 1 heterocycles. The summed E-state index contributed by atoms with van der Waals surface area (Å²) >= 11 is 0. The zero-order valence-corrected chi connectivity index (χ0v) is 10.4. The predicted molar refractivity (Wildman–Crippen MR) is 63.4 cm³/mol. The van der Waals surface area contributed by atoms with Crippen LogP contribution >= 0.6 is 0 Å². The fourth-order valence-corrected chi connectivity index (χ4v) is 1.64. The number of amides is 1. The summed E-state index contributed by atoms with van der Waals surface area (Å²) in [4.78, 5) is 15.6. The van der Waals surface area contributed by atoms with Crippen LogP contribution in [0.1, 0.15) is 35.0 Å². The van der Waals surface area contributed by atoms with E-state index in [2.05, 4.69) is 20.5 Å². The molecular formula is C12H12F2N4O.